The molecule has 0 aromatic heterocycles. The molecule has 0 saturated heterocycles. The number of quaternary nitrogens is 1. The smallest absolute Gasteiger partial charge is 0.100 e. The molecule has 1 heteroatoms. The molecule has 0 fully saturated rings. The first-order valence-electron chi connectivity index (χ1n) is 3.87. The molecule has 56 valence electrons. The molecule has 0 aliphatic heterocycles. The van der Waals surface area contributed by atoms with Crippen molar-refractivity contribution in [2.24, 2.45) is 0 Å². The van der Waals surface area contributed by atoms with Crippen molar-refractivity contribution in [1.29, 1.82) is 0 Å². The third-order valence-electron chi connectivity index (χ3n) is 2.16. The summed E-state index contributed by atoms with van der Waals surface area (Å²) in [5.41, 5.74) is 0. The molecule has 0 radical (unpaired) electrons. The van der Waals surface area contributed by atoms with Gasteiger partial charge in [-0.1, -0.05) is 5.92 Å². The Morgan fingerprint density at radius 1 is 1.20 bits per heavy atom. The van der Waals surface area contributed by atoms with E-state index in [0.717, 1.165) is 23.4 Å². The molecule has 1 aliphatic rings. The molecule has 1 unspecified atom stereocenters. The highest BCUT2D eigenvalue weighted by Crippen LogP contribution is 2.15. The van der Waals surface area contributed by atoms with Gasteiger partial charge in [0.25, 0.3) is 0 Å². The van der Waals surface area contributed by atoms with Gasteiger partial charge in [-0.2, -0.15) is 0 Å². The van der Waals surface area contributed by atoms with Crippen molar-refractivity contribution in [1.82, 2.24) is 0 Å². The van der Waals surface area contributed by atoms with Crippen LogP contribution in [0.25, 0.3) is 0 Å². The van der Waals surface area contributed by atoms with Crippen molar-refractivity contribution in [3.8, 4) is 11.8 Å². The van der Waals surface area contributed by atoms with Crippen LogP contribution in [0.3, 0.4) is 0 Å². The Hall–Kier alpha value is -0.480. The molecule has 0 aromatic rings. The molecule has 0 heterocycles. The minimum Gasteiger partial charge on any atom is -0.328 e. The molecule has 10 heavy (non-hydrogen) atoms. The lowest BCUT2D eigenvalue weighted by Gasteiger charge is -2.33. The Morgan fingerprint density at radius 2 is 1.90 bits per heavy atom. The maximum Gasteiger partial charge on any atom is 0.100 e. The van der Waals surface area contributed by atoms with Gasteiger partial charge in [0.1, 0.15) is 6.04 Å². The lowest BCUT2D eigenvalue weighted by atomic mass is 10.0. The molecule has 1 nitrogen and oxygen atoms in total. The highest BCUT2D eigenvalue weighted by Gasteiger charge is 2.22. The van der Waals surface area contributed by atoms with Crippen LogP contribution in [0.2, 0.25) is 0 Å². The largest absolute Gasteiger partial charge is 0.328 e. The lowest BCUT2D eigenvalue weighted by molar-refractivity contribution is -0.896. The summed E-state index contributed by atoms with van der Waals surface area (Å²) in [6.45, 7) is 0. The lowest BCUT2D eigenvalue weighted by Crippen LogP contribution is -2.45. The summed E-state index contributed by atoms with van der Waals surface area (Å²) in [5, 5.41) is 0. The zero-order valence-electron chi connectivity index (χ0n) is 7.15. The second-order valence-electron chi connectivity index (χ2n) is 3.87. The summed E-state index contributed by atoms with van der Waals surface area (Å²) < 4.78 is 1.06. The third kappa shape index (κ3) is 1.75. The highest BCUT2D eigenvalue weighted by molar-refractivity contribution is 5.04. The number of rotatable bonds is 1. The van der Waals surface area contributed by atoms with E-state index in [2.05, 4.69) is 33.0 Å². The van der Waals surface area contributed by atoms with Gasteiger partial charge in [0.15, 0.2) is 0 Å². The Balaban J connectivity index is 2.53. The average Bonchev–Trinajstić information content (AvgIpc) is 1.88. The monoisotopic (exact) mass is 138 g/mol. The predicted molar refractivity (Wildman–Crippen MR) is 43.4 cm³/mol. The van der Waals surface area contributed by atoms with Crippen LogP contribution in [0.1, 0.15) is 19.3 Å². The zero-order chi connectivity index (χ0) is 7.61. The van der Waals surface area contributed by atoms with Gasteiger partial charge in [-0.15, -0.1) is 5.92 Å². The van der Waals surface area contributed by atoms with E-state index in [-0.39, 0.29) is 0 Å². The van der Waals surface area contributed by atoms with Crippen molar-refractivity contribution in [3.63, 3.8) is 0 Å². The molecule has 0 aromatic carbocycles. The van der Waals surface area contributed by atoms with Crippen molar-refractivity contribution in [2.75, 3.05) is 21.1 Å². The summed E-state index contributed by atoms with van der Waals surface area (Å²) >= 11 is 0. The van der Waals surface area contributed by atoms with Crippen LogP contribution >= 0.6 is 0 Å². The summed E-state index contributed by atoms with van der Waals surface area (Å²) in [6.07, 6.45) is 3.46. The first-order chi connectivity index (χ1) is 4.61. The van der Waals surface area contributed by atoms with Gasteiger partial charge in [0, 0.05) is 12.8 Å². The molecule has 0 saturated carbocycles. The fourth-order valence-corrected chi connectivity index (χ4v) is 1.28. The summed E-state index contributed by atoms with van der Waals surface area (Å²) in [7, 11) is 6.74. The zero-order valence-corrected chi connectivity index (χ0v) is 7.15. The molecule has 0 spiro atoms. The molecule has 1 aliphatic carbocycles. The molecule has 0 N–H and O–H groups in total. The van der Waals surface area contributed by atoms with E-state index in [4.69, 9.17) is 0 Å². The van der Waals surface area contributed by atoms with Crippen LogP contribution in [0.4, 0.5) is 0 Å². The van der Waals surface area contributed by atoms with E-state index in [0.29, 0.717) is 0 Å². The summed E-state index contributed by atoms with van der Waals surface area (Å²) in [5.74, 6) is 6.30. The molecule has 1 atom stereocenters. The molecular formula is C9H16N+. The van der Waals surface area contributed by atoms with Crippen LogP contribution in [-0.4, -0.2) is 31.7 Å². The van der Waals surface area contributed by atoms with Crippen molar-refractivity contribution < 1.29 is 4.48 Å². The van der Waals surface area contributed by atoms with Gasteiger partial charge in [0.05, 0.1) is 27.6 Å². The quantitative estimate of drug-likeness (QED) is 0.378. The third-order valence-corrected chi connectivity index (χ3v) is 2.16. The first kappa shape index (κ1) is 7.63. The van der Waals surface area contributed by atoms with Gasteiger partial charge >= 0.3 is 0 Å². The van der Waals surface area contributed by atoms with Crippen LogP contribution in [0.5, 0.6) is 0 Å². The minimum atomic E-state index is 0.765. The minimum absolute atomic E-state index is 0.765. The van der Waals surface area contributed by atoms with Gasteiger partial charge < -0.3 is 4.48 Å². The Kier molecular flexibility index (Phi) is 2.01. The van der Waals surface area contributed by atoms with Gasteiger partial charge in [-0.3, -0.25) is 0 Å². The highest BCUT2D eigenvalue weighted by atomic mass is 15.3. The molecule has 0 amide bonds. The number of hydrogen-bond acceptors (Lipinski definition) is 0. The summed E-state index contributed by atoms with van der Waals surface area (Å²) in [6, 6.07) is 0.765. The van der Waals surface area contributed by atoms with E-state index in [1.54, 1.807) is 0 Å². The summed E-state index contributed by atoms with van der Waals surface area (Å²) in [4.78, 5) is 0. The average molecular weight is 138 g/mol. The predicted octanol–water partition coefficient (Wildman–Crippen LogP) is 1.25. The van der Waals surface area contributed by atoms with E-state index < -0.39 is 0 Å². The van der Waals surface area contributed by atoms with Crippen molar-refractivity contribution in [3.05, 3.63) is 0 Å². The first-order valence-corrected chi connectivity index (χ1v) is 3.87. The van der Waals surface area contributed by atoms with Gasteiger partial charge in [-0.25, -0.2) is 0 Å². The second-order valence-corrected chi connectivity index (χ2v) is 3.87. The van der Waals surface area contributed by atoms with E-state index in [9.17, 15) is 0 Å². The Labute approximate surface area is 63.6 Å². The van der Waals surface area contributed by atoms with Gasteiger partial charge in [0.2, 0.25) is 0 Å². The van der Waals surface area contributed by atoms with Crippen LogP contribution in [0, 0.1) is 11.8 Å². The second kappa shape index (κ2) is 2.64. The maximum atomic E-state index is 3.18. The Bertz CT molecular complexity index is 165. The van der Waals surface area contributed by atoms with E-state index >= 15 is 0 Å². The van der Waals surface area contributed by atoms with E-state index in [1.807, 2.05) is 0 Å². The fourth-order valence-electron chi connectivity index (χ4n) is 1.28. The molecule has 1 rings (SSSR count). The normalized spacial score (nSPS) is 25.3. The number of hydrogen-bond donors (Lipinski definition) is 0. The standard InChI is InChI=1S/C9H16N/c1-10(2,3)9-7-5-4-6-8-9/h9H,5,7-8H2,1-3H3/q+1. The van der Waals surface area contributed by atoms with Crippen molar-refractivity contribution >= 4 is 0 Å². The Morgan fingerprint density at radius 3 is 2.20 bits per heavy atom. The van der Waals surface area contributed by atoms with Crippen LogP contribution in [0.15, 0.2) is 0 Å². The molecular weight excluding hydrogens is 122 g/mol. The molecule has 0 bridgehead atoms. The number of nitrogens with zero attached hydrogens (tertiary/aromatic N) is 1. The van der Waals surface area contributed by atoms with Crippen molar-refractivity contribution in [2.45, 2.75) is 25.3 Å². The van der Waals surface area contributed by atoms with E-state index in [1.165, 1.54) is 6.42 Å². The SMILES string of the molecule is C[N+](C)(C)C1CC#CCC1. The maximum absolute atomic E-state index is 3.18. The fraction of sp³-hybridized carbons (Fsp3) is 0.778. The van der Waals surface area contributed by atoms with Crippen LogP contribution in [-0.2, 0) is 0 Å². The van der Waals surface area contributed by atoms with Gasteiger partial charge in [-0.05, 0) is 0 Å². The van der Waals surface area contributed by atoms with Crippen LogP contribution < -0.4 is 0 Å². The topological polar surface area (TPSA) is 0 Å².